The van der Waals surface area contributed by atoms with E-state index in [0.29, 0.717) is 11.8 Å². The summed E-state index contributed by atoms with van der Waals surface area (Å²) in [6.07, 6.45) is 4.30. The molecule has 0 fully saturated rings. The first kappa shape index (κ1) is 21.8. The molecule has 0 bridgehead atoms. The fraction of sp³-hybridized carbons (Fsp3) is 0.393. The lowest BCUT2D eigenvalue weighted by atomic mass is 9.89. The minimum atomic E-state index is -1.55. The van der Waals surface area contributed by atoms with Crippen molar-refractivity contribution in [2.45, 2.75) is 72.0 Å². The molecule has 0 N–H and O–H groups in total. The summed E-state index contributed by atoms with van der Waals surface area (Å²) in [6.45, 7) is 16.3. The van der Waals surface area contributed by atoms with E-state index in [9.17, 15) is 0 Å². The standard InChI is InChI=1S/C28H35NOSi/c1-8-18(3)20-16-23(19(4)9-2)27(29-17-20)22-14-15-25(31(5,6)7)26-21-12-10-11-13-24(21)30-28(22)26/h10-19H,8-9H2,1-7H3. The topological polar surface area (TPSA) is 26.0 Å². The third kappa shape index (κ3) is 3.85. The lowest BCUT2D eigenvalue weighted by Crippen LogP contribution is -2.38. The van der Waals surface area contributed by atoms with Crippen LogP contribution in [0.2, 0.25) is 19.6 Å². The first-order valence-corrected chi connectivity index (χ1v) is 15.2. The van der Waals surface area contributed by atoms with Crippen molar-refractivity contribution in [3.05, 3.63) is 59.8 Å². The Kier molecular flexibility index (Phi) is 5.82. The maximum absolute atomic E-state index is 6.52. The van der Waals surface area contributed by atoms with Gasteiger partial charge in [0.2, 0.25) is 0 Å². The number of nitrogens with zero attached hydrogens (tertiary/aromatic N) is 1. The van der Waals surface area contributed by atoms with Gasteiger partial charge in [0, 0.05) is 22.5 Å². The van der Waals surface area contributed by atoms with Crippen LogP contribution in [0.1, 0.15) is 63.5 Å². The quantitative estimate of drug-likeness (QED) is 0.289. The molecule has 4 rings (SSSR count). The normalized spacial score (nSPS) is 14.3. The van der Waals surface area contributed by atoms with Gasteiger partial charge in [0.15, 0.2) is 0 Å². The predicted molar refractivity (Wildman–Crippen MR) is 137 cm³/mol. The van der Waals surface area contributed by atoms with Crippen molar-refractivity contribution in [2.24, 2.45) is 0 Å². The van der Waals surface area contributed by atoms with Gasteiger partial charge in [-0.05, 0) is 53.1 Å². The highest BCUT2D eigenvalue weighted by atomic mass is 28.3. The monoisotopic (exact) mass is 429 g/mol. The fourth-order valence-electron chi connectivity index (χ4n) is 4.46. The number of benzene rings is 2. The summed E-state index contributed by atoms with van der Waals surface area (Å²) < 4.78 is 6.52. The smallest absolute Gasteiger partial charge is 0.144 e. The van der Waals surface area contributed by atoms with Crippen LogP contribution >= 0.6 is 0 Å². The summed E-state index contributed by atoms with van der Waals surface area (Å²) in [5.74, 6) is 0.965. The molecule has 0 saturated carbocycles. The SMILES string of the molecule is CCC(C)c1cnc(-c2ccc([Si](C)(C)C)c3c2oc2ccccc23)c(C(C)CC)c1. The van der Waals surface area contributed by atoms with Gasteiger partial charge in [-0.1, -0.05) is 77.7 Å². The average Bonchev–Trinajstić information content (AvgIpc) is 3.16. The van der Waals surface area contributed by atoms with Crippen LogP contribution in [0.5, 0.6) is 0 Å². The summed E-state index contributed by atoms with van der Waals surface area (Å²) in [6, 6.07) is 15.5. The van der Waals surface area contributed by atoms with Gasteiger partial charge in [0.05, 0.1) is 13.8 Å². The minimum Gasteiger partial charge on any atom is -0.455 e. The Morgan fingerprint density at radius 3 is 2.32 bits per heavy atom. The van der Waals surface area contributed by atoms with Crippen molar-refractivity contribution >= 4 is 35.2 Å². The van der Waals surface area contributed by atoms with Crippen molar-refractivity contribution in [2.75, 3.05) is 0 Å². The summed E-state index contributed by atoms with van der Waals surface area (Å²) in [5, 5.41) is 3.96. The Labute approximate surface area is 187 Å². The minimum absolute atomic E-state index is 0.447. The van der Waals surface area contributed by atoms with E-state index >= 15 is 0 Å². The highest BCUT2D eigenvalue weighted by Gasteiger charge is 2.26. The van der Waals surface area contributed by atoms with E-state index in [4.69, 9.17) is 9.40 Å². The van der Waals surface area contributed by atoms with Crippen molar-refractivity contribution in [3.8, 4) is 11.3 Å². The second-order valence-electron chi connectivity index (χ2n) is 10.0. The second kappa shape index (κ2) is 8.27. The number of hydrogen-bond acceptors (Lipinski definition) is 2. The summed E-state index contributed by atoms with van der Waals surface area (Å²) >= 11 is 0. The molecule has 0 aliphatic rings. The van der Waals surface area contributed by atoms with E-state index in [1.165, 1.54) is 27.1 Å². The average molecular weight is 430 g/mol. The number of furan rings is 1. The van der Waals surface area contributed by atoms with Crippen LogP contribution in [-0.4, -0.2) is 13.1 Å². The number of aromatic nitrogens is 1. The molecule has 2 heterocycles. The second-order valence-corrected chi connectivity index (χ2v) is 15.1. The van der Waals surface area contributed by atoms with Crippen LogP contribution in [0.4, 0.5) is 0 Å². The molecule has 0 saturated heterocycles. The molecular weight excluding hydrogens is 394 g/mol. The third-order valence-electron chi connectivity index (χ3n) is 6.85. The lowest BCUT2D eigenvalue weighted by Gasteiger charge is -2.21. The van der Waals surface area contributed by atoms with Gasteiger partial charge in [-0.15, -0.1) is 0 Å². The zero-order valence-corrected chi connectivity index (χ0v) is 21.0. The molecule has 162 valence electrons. The zero-order valence-electron chi connectivity index (χ0n) is 20.0. The highest BCUT2D eigenvalue weighted by molar-refractivity contribution is 6.90. The molecular formula is C28H35NOSi. The summed E-state index contributed by atoms with van der Waals surface area (Å²) in [7, 11) is -1.55. The molecule has 0 aliphatic carbocycles. The molecule has 0 radical (unpaired) electrons. The van der Waals surface area contributed by atoms with Crippen molar-refractivity contribution in [3.63, 3.8) is 0 Å². The molecule has 2 aromatic carbocycles. The van der Waals surface area contributed by atoms with Gasteiger partial charge in [0.25, 0.3) is 0 Å². The summed E-state index contributed by atoms with van der Waals surface area (Å²) in [4.78, 5) is 5.05. The number of rotatable bonds is 6. The highest BCUT2D eigenvalue weighted by Crippen LogP contribution is 2.39. The maximum atomic E-state index is 6.52. The summed E-state index contributed by atoms with van der Waals surface area (Å²) in [5.41, 5.74) is 6.83. The van der Waals surface area contributed by atoms with Crippen LogP contribution in [0.25, 0.3) is 33.2 Å². The number of pyridine rings is 1. The van der Waals surface area contributed by atoms with Gasteiger partial charge in [-0.3, -0.25) is 4.98 Å². The van der Waals surface area contributed by atoms with E-state index in [1.54, 1.807) is 0 Å². The molecule has 4 aromatic rings. The Bertz CT molecular complexity index is 1230. The van der Waals surface area contributed by atoms with E-state index in [-0.39, 0.29) is 0 Å². The third-order valence-corrected chi connectivity index (χ3v) is 8.88. The van der Waals surface area contributed by atoms with Crippen LogP contribution in [0.15, 0.2) is 53.1 Å². The zero-order chi connectivity index (χ0) is 22.3. The van der Waals surface area contributed by atoms with Crippen LogP contribution in [0.3, 0.4) is 0 Å². The van der Waals surface area contributed by atoms with Gasteiger partial charge < -0.3 is 4.42 Å². The van der Waals surface area contributed by atoms with E-state index in [1.807, 2.05) is 0 Å². The molecule has 2 atom stereocenters. The Morgan fingerprint density at radius 1 is 0.935 bits per heavy atom. The van der Waals surface area contributed by atoms with Gasteiger partial charge in [-0.2, -0.15) is 0 Å². The first-order valence-electron chi connectivity index (χ1n) is 11.7. The molecule has 2 nitrogen and oxygen atoms in total. The largest absolute Gasteiger partial charge is 0.455 e. The predicted octanol–water partition coefficient (Wildman–Crippen LogP) is 8.22. The van der Waals surface area contributed by atoms with Crippen LogP contribution in [0, 0.1) is 0 Å². The molecule has 3 heteroatoms. The number of hydrogen-bond donors (Lipinski definition) is 0. The van der Waals surface area contributed by atoms with Crippen molar-refractivity contribution in [1.29, 1.82) is 0 Å². The van der Waals surface area contributed by atoms with Crippen LogP contribution < -0.4 is 5.19 Å². The molecule has 2 aromatic heterocycles. The Balaban J connectivity index is 2.05. The van der Waals surface area contributed by atoms with E-state index in [2.05, 4.69) is 96.0 Å². The van der Waals surface area contributed by atoms with Gasteiger partial charge in [0.1, 0.15) is 11.2 Å². The van der Waals surface area contributed by atoms with Gasteiger partial charge in [-0.25, -0.2) is 0 Å². The Morgan fingerprint density at radius 2 is 1.65 bits per heavy atom. The van der Waals surface area contributed by atoms with E-state index in [0.717, 1.165) is 35.3 Å². The molecule has 0 aliphatic heterocycles. The van der Waals surface area contributed by atoms with Crippen LogP contribution in [-0.2, 0) is 0 Å². The molecule has 2 unspecified atom stereocenters. The molecule has 0 spiro atoms. The first-order chi connectivity index (χ1) is 14.8. The van der Waals surface area contributed by atoms with Gasteiger partial charge >= 0.3 is 0 Å². The number of fused-ring (bicyclic) bond motifs is 3. The fourth-order valence-corrected chi connectivity index (χ4v) is 6.05. The van der Waals surface area contributed by atoms with Crippen molar-refractivity contribution in [1.82, 2.24) is 4.98 Å². The Hall–Kier alpha value is -2.39. The molecule has 0 amide bonds. The van der Waals surface area contributed by atoms with Crippen molar-refractivity contribution < 1.29 is 4.42 Å². The number of para-hydroxylation sites is 1. The van der Waals surface area contributed by atoms with E-state index < -0.39 is 8.07 Å². The molecule has 31 heavy (non-hydrogen) atoms. The lowest BCUT2D eigenvalue weighted by molar-refractivity contribution is 0.669. The maximum Gasteiger partial charge on any atom is 0.144 e.